The molecule has 0 radical (unpaired) electrons. The van der Waals surface area contributed by atoms with E-state index in [1.807, 2.05) is 18.9 Å². The highest BCUT2D eigenvalue weighted by molar-refractivity contribution is 7.10. The molecular formula is C8H15N3OS. The first-order valence-corrected chi connectivity index (χ1v) is 4.90. The lowest BCUT2D eigenvalue weighted by molar-refractivity contribution is 0.202. The summed E-state index contributed by atoms with van der Waals surface area (Å²) in [5.41, 5.74) is 6.61. The van der Waals surface area contributed by atoms with E-state index in [-0.39, 0.29) is 6.10 Å². The topological polar surface area (TPSA) is 62.4 Å². The van der Waals surface area contributed by atoms with E-state index in [0.717, 1.165) is 10.6 Å². The number of nitrogens with two attached hydrogens (primary N) is 1. The van der Waals surface area contributed by atoms with Gasteiger partial charge >= 0.3 is 0 Å². The van der Waals surface area contributed by atoms with Gasteiger partial charge in [-0.1, -0.05) is 0 Å². The minimum absolute atomic E-state index is 0.340. The Morgan fingerprint density at radius 1 is 1.69 bits per heavy atom. The molecule has 0 aliphatic carbocycles. The fraction of sp³-hybridized carbons (Fsp3) is 0.625. The molecule has 0 spiro atoms. The molecule has 0 aliphatic rings. The van der Waals surface area contributed by atoms with E-state index in [4.69, 9.17) is 5.73 Å². The Balaban J connectivity index is 2.76. The lowest BCUT2D eigenvalue weighted by atomic mass is 10.3. The lowest BCUT2D eigenvalue weighted by Gasteiger charge is -2.19. The van der Waals surface area contributed by atoms with E-state index >= 15 is 0 Å². The monoisotopic (exact) mass is 201 g/mol. The van der Waals surface area contributed by atoms with Crippen LogP contribution in [0.5, 0.6) is 0 Å². The number of anilines is 2. The van der Waals surface area contributed by atoms with Crippen molar-refractivity contribution in [2.24, 2.45) is 0 Å². The molecule has 1 rings (SSSR count). The van der Waals surface area contributed by atoms with Crippen molar-refractivity contribution in [2.75, 3.05) is 24.2 Å². The number of aliphatic hydroxyl groups is 1. The largest absolute Gasteiger partial charge is 0.392 e. The zero-order valence-electron chi connectivity index (χ0n) is 8.11. The molecule has 0 aromatic carbocycles. The molecular weight excluding hydrogens is 186 g/mol. The van der Waals surface area contributed by atoms with Crippen LogP contribution in [-0.4, -0.2) is 29.2 Å². The van der Waals surface area contributed by atoms with E-state index in [2.05, 4.69) is 4.37 Å². The average Bonchev–Trinajstić information content (AvgIpc) is 2.31. The van der Waals surface area contributed by atoms with Gasteiger partial charge in [-0.05, 0) is 25.4 Å². The fourth-order valence-corrected chi connectivity index (χ4v) is 1.95. The quantitative estimate of drug-likeness (QED) is 0.761. The van der Waals surface area contributed by atoms with Gasteiger partial charge in [0.05, 0.1) is 6.10 Å². The minimum Gasteiger partial charge on any atom is -0.392 e. The van der Waals surface area contributed by atoms with Crippen molar-refractivity contribution in [3.05, 3.63) is 5.56 Å². The predicted octanol–water partition coefficient (Wildman–Crippen LogP) is 0.851. The van der Waals surface area contributed by atoms with Gasteiger partial charge in [0, 0.05) is 19.2 Å². The van der Waals surface area contributed by atoms with Crippen LogP contribution in [0.3, 0.4) is 0 Å². The van der Waals surface area contributed by atoms with Crippen LogP contribution in [0.2, 0.25) is 0 Å². The average molecular weight is 201 g/mol. The first kappa shape index (κ1) is 10.3. The van der Waals surface area contributed by atoms with Gasteiger partial charge < -0.3 is 15.7 Å². The van der Waals surface area contributed by atoms with Gasteiger partial charge in [-0.25, -0.2) is 0 Å². The van der Waals surface area contributed by atoms with Crippen LogP contribution in [0.4, 0.5) is 10.8 Å². The molecule has 1 unspecified atom stereocenters. The maximum atomic E-state index is 9.19. The maximum absolute atomic E-state index is 9.19. The highest BCUT2D eigenvalue weighted by Crippen LogP contribution is 2.28. The molecule has 0 saturated heterocycles. The third kappa shape index (κ3) is 2.32. The lowest BCUT2D eigenvalue weighted by Crippen LogP contribution is -2.26. The van der Waals surface area contributed by atoms with Crippen LogP contribution < -0.4 is 10.6 Å². The number of rotatable bonds is 3. The third-order valence-electron chi connectivity index (χ3n) is 1.82. The molecule has 1 aromatic heterocycles. The predicted molar refractivity (Wildman–Crippen MR) is 56.2 cm³/mol. The number of aromatic nitrogens is 1. The van der Waals surface area contributed by atoms with Crippen molar-refractivity contribution in [1.82, 2.24) is 4.37 Å². The Hall–Kier alpha value is -0.810. The van der Waals surface area contributed by atoms with Gasteiger partial charge in [0.1, 0.15) is 10.8 Å². The molecule has 0 aliphatic heterocycles. The molecule has 0 fully saturated rings. The Kier molecular flexibility index (Phi) is 3.11. The minimum atomic E-state index is -0.340. The first-order chi connectivity index (χ1) is 6.02. The zero-order chi connectivity index (χ0) is 10.0. The van der Waals surface area contributed by atoms with Crippen molar-refractivity contribution < 1.29 is 5.11 Å². The number of aliphatic hydroxyl groups excluding tert-OH is 1. The molecule has 13 heavy (non-hydrogen) atoms. The van der Waals surface area contributed by atoms with Crippen LogP contribution in [0.15, 0.2) is 0 Å². The van der Waals surface area contributed by atoms with Gasteiger partial charge in [-0.15, -0.1) is 0 Å². The summed E-state index contributed by atoms with van der Waals surface area (Å²) in [6, 6.07) is 0. The number of nitrogen functional groups attached to an aromatic ring is 1. The van der Waals surface area contributed by atoms with Gasteiger partial charge in [-0.2, -0.15) is 4.37 Å². The number of hydrogen-bond donors (Lipinski definition) is 2. The summed E-state index contributed by atoms with van der Waals surface area (Å²) in [4.78, 5) is 1.97. The maximum Gasteiger partial charge on any atom is 0.142 e. The zero-order valence-corrected chi connectivity index (χ0v) is 8.93. The molecule has 74 valence electrons. The summed E-state index contributed by atoms with van der Waals surface area (Å²) in [6.45, 7) is 4.30. The normalized spacial score (nSPS) is 12.9. The Morgan fingerprint density at radius 3 is 2.69 bits per heavy atom. The molecule has 1 aromatic rings. The molecule has 1 heterocycles. The van der Waals surface area contributed by atoms with Crippen LogP contribution in [0.25, 0.3) is 0 Å². The van der Waals surface area contributed by atoms with Crippen LogP contribution in [0, 0.1) is 6.92 Å². The Morgan fingerprint density at radius 2 is 2.31 bits per heavy atom. The van der Waals surface area contributed by atoms with Gasteiger partial charge in [0.15, 0.2) is 0 Å². The molecule has 0 saturated carbocycles. The summed E-state index contributed by atoms with van der Waals surface area (Å²) in [7, 11) is 1.92. The van der Waals surface area contributed by atoms with Gasteiger partial charge in [0.25, 0.3) is 0 Å². The number of likely N-dealkylation sites (N-methyl/N-ethyl adjacent to an activating group) is 1. The van der Waals surface area contributed by atoms with Crippen LogP contribution >= 0.6 is 11.5 Å². The number of hydrogen-bond acceptors (Lipinski definition) is 5. The van der Waals surface area contributed by atoms with Crippen molar-refractivity contribution in [3.8, 4) is 0 Å². The summed E-state index contributed by atoms with van der Waals surface area (Å²) in [6.07, 6.45) is -0.340. The molecule has 0 bridgehead atoms. The number of nitrogens with zero attached hydrogens (tertiary/aromatic N) is 2. The van der Waals surface area contributed by atoms with Gasteiger partial charge in [-0.3, -0.25) is 0 Å². The van der Waals surface area contributed by atoms with Crippen molar-refractivity contribution in [2.45, 2.75) is 20.0 Å². The molecule has 1 atom stereocenters. The van der Waals surface area contributed by atoms with E-state index in [1.165, 1.54) is 11.5 Å². The van der Waals surface area contributed by atoms with Crippen molar-refractivity contribution in [1.29, 1.82) is 0 Å². The van der Waals surface area contributed by atoms with E-state index in [0.29, 0.717) is 12.4 Å². The van der Waals surface area contributed by atoms with Crippen molar-refractivity contribution >= 4 is 22.4 Å². The van der Waals surface area contributed by atoms with E-state index in [1.54, 1.807) is 6.92 Å². The second-order valence-electron chi connectivity index (χ2n) is 3.23. The van der Waals surface area contributed by atoms with Gasteiger partial charge in [0.2, 0.25) is 0 Å². The molecule has 5 heteroatoms. The first-order valence-electron chi connectivity index (χ1n) is 4.13. The second kappa shape index (κ2) is 3.93. The second-order valence-corrected chi connectivity index (χ2v) is 3.98. The summed E-state index contributed by atoms with van der Waals surface area (Å²) >= 11 is 1.37. The van der Waals surface area contributed by atoms with Crippen LogP contribution in [-0.2, 0) is 0 Å². The molecule has 3 N–H and O–H groups in total. The van der Waals surface area contributed by atoms with E-state index in [9.17, 15) is 5.11 Å². The highest BCUT2D eigenvalue weighted by Gasteiger charge is 2.12. The summed E-state index contributed by atoms with van der Waals surface area (Å²) in [5.74, 6) is 0.581. The van der Waals surface area contributed by atoms with Crippen LogP contribution in [0.1, 0.15) is 12.5 Å². The smallest absolute Gasteiger partial charge is 0.142 e. The highest BCUT2D eigenvalue weighted by atomic mass is 32.1. The Labute approximate surface area is 82.2 Å². The fourth-order valence-electron chi connectivity index (χ4n) is 1.17. The standard InChI is InChI=1S/C8H15N3OS/c1-5(12)4-11(3)8-6(2)7(9)10-13-8/h5,12H,4H2,1-3H3,(H2,9,10). The third-order valence-corrected chi connectivity index (χ3v) is 2.90. The SMILES string of the molecule is Cc1c(N)nsc1N(C)CC(C)O. The summed E-state index contributed by atoms with van der Waals surface area (Å²) < 4.78 is 4.04. The summed E-state index contributed by atoms with van der Waals surface area (Å²) in [5, 5.41) is 10.2. The van der Waals surface area contributed by atoms with E-state index < -0.39 is 0 Å². The molecule has 4 nitrogen and oxygen atoms in total. The molecule has 0 amide bonds. The Bertz CT molecular complexity index is 285. The van der Waals surface area contributed by atoms with Crippen molar-refractivity contribution in [3.63, 3.8) is 0 Å².